The van der Waals surface area contributed by atoms with E-state index in [4.69, 9.17) is 0 Å². The Morgan fingerprint density at radius 1 is 1.71 bits per heavy atom. The highest BCUT2D eigenvalue weighted by Gasteiger charge is 2.17. The normalized spacial score (nSPS) is 23.6. The molecule has 78 valence electrons. The minimum Gasteiger partial charge on any atom is -0.390 e. The molecule has 1 atom stereocenters. The third kappa shape index (κ3) is 2.23. The molecule has 1 saturated heterocycles. The summed E-state index contributed by atoms with van der Waals surface area (Å²) in [6.45, 7) is 5.19. The summed E-state index contributed by atoms with van der Waals surface area (Å²) < 4.78 is 0. The van der Waals surface area contributed by atoms with Crippen LogP contribution in [-0.4, -0.2) is 42.4 Å². The predicted molar refractivity (Wildman–Crippen MR) is 57.9 cm³/mol. The minimum absolute atomic E-state index is 0.290. The van der Waals surface area contributed by atoms with E-state index in [2.05, 4.69) is 15.2 Å². The molecule has 0 radical (unpaired) electrons. The predicted octanol–water partition coefficient (Wildman–Crippen LogP) is 0.222. The monoisotopic (exact) mass is 213 g/mol. The fourth-order valence-corrected chi connectivity index (χ4v) is 2.39. The Balaban J connectivity index is 2.08. The van der Waals surface area contributed by atoms with E-state index in [1.54, 1.807) is 11.3 Å². The van der Waals surface area contributed by atoms with Gasteiger partial charge < -0.3 is 15.3 Å². The Morgan fingerprint density at radius 3 is 3.29 bits per heavy atom. The lowest BCUT2D eigenvalue weighted by Crippen LogP contribution is -2.32. The van der Waals surface area contributed by atoms with Crippen molar-refractivity contribution in [3.63, 3.8) is 0 Å². The first-order chi connectivity index (χ1) is 6.75. The molecule has 1 aliphatic rings. The Kier molecular flexibility index (Phi) is 3.00. The molecule has 0 bridgehead atoms. The number of hydrogen-bond acceptors (Lipinski definition) is 5. The maximum absolute atomic E-state index is 9.60. The van der Waals surface area contributed by atoms with Crippen LogP contribution in [0.3, 0.4) is 0 Å². The van der Waals surface area contributed by atoms with Gasteiger partial charge in [-0.2, -0.15) is 0 Å². The summed E-state index contributed by atoms with van der Waals surface area (Å²) in [5.41, 5.74) is 1.05. The van der Waals surface area contributed by atoms with Crippen molar-refractivity contribution in [2.24, 2.45) is 0 Å². The molecule has 1 unspecified atom stereocenters. The van der Waals surface area contributed by atoms with Crippen molar-refractivity contribution in [1.82, 2.24) is 10.3 Å². The number of nitrogens with zero attached hydrogens (tertiary/aromatic N) is 2. The second-order valence-corrected chi connectivity index (χ2v) is 4.41. The molecule has 14 heavy (non-hydrogen) atoms. The number of anilines is 1. The molecule has 1 fully saturated rings. The van der Waals surface area contributed by atoms with E-state index in [1.807, 2.05) is 12.3 Å². The molecule has 1 aliphatic heterocycles. The molecular weight excluding hydrogens is 198 g/mol. The van der Waals surface area contributed by atoms with Gasteiger partial charge in [-0.15, -0.1) is 11.3 Å². The Hall–Kier alpha value is -0.650. The van der Waals surface area contributed by atoms with Crippen molar-refractivity contribution < 1.29 is 5.11 Å². The average molecular weight is 213 g/mol. The molecule has 0 spiro atoms. The zero-order valence-electron chi connectivity index (χ0n) is 8.23. The van der Waals surface area contributed by atoms with Gasteiger partial charge in [-0.1, -0.05) is 0 Å². The van der Waals surface area contributed by atoms with E-state index in [-0.39, 0.29) is 6.10 Å². The standard InChI is InChI=1S/C9H15N3OS/c1-7-6-14-9(11-7)12-3-2-10-4-8(13)5-12/h6,8,10,13H,2-5H2,1H3. The van der Waals surface area contributed by atoms with Crippen LogP contribution < -0.4 is 10.2 Å². The number of nitrogens with one attached hydrogen (secondary N) is 1. The largest absolute Gasteiger partial charge is 0.390 e. The van der Waals surface area contributed by atoms with Gasteiger partial charge in [-0.3, -0.25) is 0 Å². The quantitative estimate of drug-likeness (QED) is 0.701. The summed E-state index contributed by atoms with van der Waals surface area (Å²) in [5, 5.41) is 15.8. The van der Waals surface area contributed by atoms with Gasteiger partial charge in [-0.05, 0) is 6.92 Å². The molecule has 2 rings (SSSR count). The summed E-state index contributed by atoms with van der Waals surface area (Å²) in [7, 11) is 0. The van der Waals surface area contributed by atoms with Crippen LogP contribution in [-0.2, 0) is 0 Å². The van der Waals surface area contributed by atoms with Crippen LogP contribution in [0.4, 0.5) is 5.13 Å². The highest BCUT2D eigenvalue weighted by Crippen LogP contribution is 2.20. The highest BCUT2D eigenvalue weighted by atomic mass is 32.1. The molecule has 5 heteroatoms. The summed E-state index contributed by atoms with van der Waals surface area (Å²) in [5.74, 6) is 0. The summed E-state index contributed by atoms with van der Waals surface area (Å²) in [6, 6.07) is 0. The van der Waals surface area contributed by atoms with Gasteiger partial charge in [0.1, 0.15) is 0 Å². The number of rotatable bonds is 1. The van der Waals surface area contributed by atoms with E-state index in [0.29, 0.717) is 13.1 Å². The first kappa shape index (κ1) is 9.89. The maximum Gasteiger partial charge on any atom is 0.185 e. The second-order valence-electron chi connectivity index (χ2n) is 3.58. The van der Waals surface area contributed by atoms with Gasteiger partial charge in [0.25, 0.3) is 0 Å². The fourth-order valence-electron chi connectivity index (χ4n) is 1.55. The molecule has 0 amide bonds. The van der Waals surface area contributed by atoms with Crippen molar-refractivity contribution in [2.75, 3.05) is 31.1 Å². The van der Waals surface area contributed by atoms with Crippen LogP contribution in [0.1, 0.15) is 5.69 Å². The SMILES string of the molecule is Cc1csc(N2CCNCC(O)C2)n1. The molecule has 0 aliphatic carbocycles. The third-order valence-corrected chi connectivity index (χ3v) is 3.27. The van der Waals surface area contributed by atoms with E-state index in [9.17, 15) is 5.11 Å². The maximum atomic E-state index is 9.60. The van der Waals surface area contributed by atoms with Gasteiger partial charge in [0.15, 0.2) is 5.13 Å². The van der Waals surface area contributed by atoms with Crippen LogP contribution in [0.5, 0.6) is 0 Å². The number of thiazole rings is 1. The molecule has 1 aromatic heterocycles. The van der Waals surface area contributed by atoms with E-state index in [0.717, 1.165) is 23.9 Å². The van der Waals surface area contributed by atoms with Crippen LogP contribution in [0.2, 0.25) is 0 Å². The number of aromatic nitrogens is 1. The molecule has 2 N–H and O–H groups in total. The Labute approximate surface area is 87.6 Å². The second kappa shape index (κ2) is 4.25. The lowest BCUT2D eigenvalue weighted by Gasteiger charge is -2.20. The number of aliphatic hydroxyl groups is 1. The van der Waals surface area contributed by atoms with Gasteiger partial charge in [0, 0.05) is 31.6 Å². The first-order valence-corrected chi connectivity index (χ1v) is 5.69. The molecular formula is C9H15N3OS. The summed E-state index contributed by atoms with van der Waals surface area (Å²) in [4.78, 5) is 6.56. The zero-order valence-corrected chi connectivity index (χ0v) is 9.05. The van der Waals surface area contributed by atoms with Crippen molar-refractivity contribution in [1.29, 1.82) is 0 Å². The van der Waals surface area contributed by atoms with E-state index < -0.39 is 0 Å². The highest BCUT2D eigenvalue weighted by molar-refractivity contribution is 7.13. The first-order valence-electron chi connectivity index (χ1n) is 4.81. The summed E-state index contributed by atoms with van der Waals surface area (Å²) in [6.07, 6.45) is -0.290. The van der Waals surface area contributed by atoms with Crippen LogP contribution in [0, 0.1) is 6.92 Å². The van der Waals surface area contributed by atoms with Crippen molar-refractivity contribution in [2.45, 2.75) is 13.0 Å². The van der Waals surface area contributed by atoms with Crippen molar-refractivity contribution >= 4 is 16.5 Å². The Morgan fingerprint density at radius 2 is 2.57 bits per heavy atom. The smallest absolute Gasteiger partial charge is 0.185 e. The number of aliphatic hydroxyl groups excluding tert-OH is 1. The lowest BCUT2D eigenvalue weighted by molar-refractivity contribution is 0.185. The van der Waals surface area contributed by atoms with Crippen molar-refractivity contribution in [3.05, 3.63) is 11.1 Å². The summed E-state index contributed by atoms with van der Waals surface area (Å²) >= 11 is 1.64. The van der Waals surface area contributed by atoms with Crippen LogP contribution >= 0.6 is 11.3 Å². The molecule has 0 saturated carbocycles. The Bertz CT molecular complexity index is 302. The number of hydrogen-bond donors (Lipinski definition) is 2. The van der Waals surface area contributed by atoms with Crippen molar-refractivity contribution in [3.8, 4) is 0 Å². The topological polar surface area (TPSA) is 48.4 Å². The van der Waals surface area contributed by atoms with E-state index >= 15 is 0 Å². The minimum atomic E-state index is -0.290. The van der Waals surface area contributed by atoms with Crippen LogP contribution in [0.15, 0.2) is 5.38 Å². The fraction of sp³-hybridized carbons (Fsp3) is 0.667. The molecule has 1 aromatic rings. The van der Waals surface area contributed by atoms with E-state index in [1.165, 1.54) is 0 Å². The van der Waals surface area contributed by atoms with Crippen LogP contribution in [0.25, 0.3) is 0 Å². The molecule has 2 heterocycles. The third-order valence-electron chi connectivity index (χ3n) is 2.25. The molecule has 0 aromatic carbocycles. The number of aryl methyl sites for hydroxylation is 1. The van der Waals surface area contributed by atoms with Gasteiger partial charge in [0.05, 0.1) is 11.8 Å². The average Bonchev–Trinajstić information content (AvgIpc) is 2.45. The lowest BCUT2D eigenvalue weighted by atomic mass is 10.3. The van der Waals surface area contributed by atoms with Gasteiger partial charge in [0.2, 0.25) is 0 Å². The molecule has 4 nitrogen and oxygen atoms in total. The van der Waals surface area contributed by atoms with Gasteiger partial charge >= 0.3 is 0 Å². The van der Waals surface area contributed by atoms with Gasteiger partial charge in [-0.25, -0.2) is 4.98 Å². The zero-order chi connectivity index (χ0) is 9.97. The number of β-amino-alcohol motifs (C(OH)–C–C–N with tert-alkyl or cyclic N) is 1.